The van der Waals surface area contributed by atoms with Gasteiger partial charge in [0.25, 0.3) is 0 Å². The third-order valence-corrected chi connectivity index (χ3v) is 1.26. The zero-order valence-corrected chi connectivity index (χ0v) is 8.68. The fourth-order valence-corrected chi connectivity index (χ4v) is 0.474. The average molecular weight is 172 g/mol. The molecule has 0 aromatic heterocycles. The minimum Gasteiger partial charge on any atom is -0.512 e. The van der Waals surface area contributed by atoms with Crippen LogP contribution in [0.5, 0.6) is 0 Å². The Hall–Kier alpha value is -0.990. The normalized spacial score (nSPS) is 12.9. The maximum Gasteiger partial charge on any atom is 0.124 e. The van der Waals surface area contributed by atoms with Gasteiger partial charge in [-0.15, -0.1) is 0 Å². The number of hydrogen-bond donors (Lipinski definition) is 2. The summed E-state index contributed by atoms with van der Waals surface area (Å²) < 4.78 is 0. The van der Waals surface area contributed by atoms with Gasteiger partial charge in [0.05, 0.1) is 5.76 Å². The van der Waals surface area contributed by atoms with Crippen LogP contribution in [0, 0.1) is 0 Å². The van der Waals surface area contributed by atoms with E-state index in [4.69, 9.17) is 10.8 Å². The highest BCUT2D eigenvalue weighted by Gasteiger charge is 1.97. The number of aliphatic hydroxyl groups is 1. The first-order chi connectivity index (χ1) is 5.59. The van der Waals surface area contributed by atoms with Crippen LogP contribution in [0.15, 0.2) is 16.3 Å². The summed E-state index contributed by atoms with van der Waals surface area (Å²) in [5.41, 5.74) is 6.12. The topological polar surface area (TPSA) is 58.6 Å². The first-order valence-corrected chi connectivity index (χ1v) is 4.26. The molecule has 3 nitrogen and oxygen atoms in total. The van der Waals surface area contributed by atoms with Crippen molar-refractivity contribution in [3.05, 3.63) is 11.3 Å². The Morgan fingerprint density at radius 2 is 1.75 bits per heavy atom. The number of allylic oxidation sites excluding steroid dienone is 1. The number of hydrogen-bond acceptors (Lipinski definition) is 2. The van der Waals surface area contributed by atoms with Gasteiger partial charge < -0.3 is 10.8 Å². The smallest absolute Gasteiger partial charge is 0.124 e. The van der Waals surface area contributed by atoms with Crippen molar-refractivity contribution in [2.24, 2.45) is 10.7 Å². The van der Waals surface area contributed by atoms with E-state index in [9.17, 15) is 0 Å². The number of amidine groups is 1. The van der Waals surface area contributed by atoms with E-state index in [2.05, 4.69) is 4.99 Å². The van der Waals surface area contributed by atoms with Gasteiger partial charge in [-0.1, -0.05) is 13.8 Å². The van der Waals surface area contributed by atoms with Crippen LogP contribution in [0.2, 0.25) is 0 Å². The Bertz CT molecular complexity index is 167. The molecular formula is C9H20N2O. The van der Waals surface area contributed by atoms with Crippen LogP contribution < -0.4 is 5.73 Å². The molecule has 0 saturated carbocycles. The van der Waals surface area contributed by atoms with Crippen LogP contribution in [0.1, 0.15) is 34.6 Å². The Morgan fingerprint density at radius 1 is 1.33 bits per heavy atom. The molecule has 0 bridgehead atoms. The second-order valence-corrected chi connectivity index (χ2v) is 2.07. The molecule has 0 unspecified atom stereocenters. The molecular weight excluding hydrogens is 152 g/mol. The second kappa shape index (κ2) is 8.11. The molecule has 0 aliphatic heterocycles. The predicted octanol–water partition coefficient (Wildman–Crippen LogP) is 2.24. The van der Waals surface area contributed by atoms with Gasteiger partial charge in [-0.25, -0.2) is 0 Å². The van der Waals surface area contributed by atoms with E-state index in [1.807, 2.05) is 20.8 Å². The van der Waals surface area contributed by atoms with Gasteiger partial charge in [0, 0.05) is 12.1 Å². The molecule has 0 amide bonds. The van der Waals surface area contributed by atoms with E-state index in [1.165, 1.54) is 0 Å². The SMILES string of the molecule is CC.CCN=C(N)/C(C)=C(/C)O. The summed E-state index contributed by atoms with van der Waals surface area (Å²) in [4.78, 5) is 3.92. The molecule has 0 heterocycles. The molecule has 0 radical (unpaired) electrons. The Labute approximate surface area is 75.0 Å². The molecule has 0 atom stereocenters. The number of rotatable bonds is 2. The monoisotopic (exact) mass is 172 g/mol. The lowest BCUT2D eigenvalue weighted by atomic mass is 10.2. The van der Waals surface area contributed by atoms with Gasteiger partial charge in [0.15, 0.2) is 0 Å². The first kappa shape index (κ1) is 13.6. The fourth-order valence-electron chi connectivity index (χ4n) is 0.474. The Kier molecular flexibility index (Phi) is 9.18. The van der Waals surface area contributed by atoms with E-state index >= 15 is 0 Å². The van der Waals surface area contributed by atoms with E-state index < -0.39 is 0 Å². The molecule has 0 spiro atoms. The van der Waals surface area contributed by atoms with E-state index in [0.717, 1.165) is 0 Å². The number of aliphatic hydroxyl groups excluding tert-OH is 1. The lowest BCUT2D eigenvalue weighted by molar-refractivity contribution is 0.410. The zero-order chi connectivity index (χ0) is 10.1. The summed E-state index contributed by atoms with van der Waals surface area (Å²) in [6.45, 7) is 9.88. The van der Waals surface area contributed by atoms with Crippen molar-refractivity contribution in [1.82, 2.24) is 0 Å². The van der Waals surface area contributed by atoms with Gasteiger partial charge in [0.2, 0.25) is 0 Å². The molecule has 0 aliphatic rings. The quantitative estimate of drug-likeness (QED) is 0.381. The molecule has 3 N–H and O–H groups in total. The van der Waals surface area contributed by atoms with Gasteiger partial charge in [-0.3, -0.25) is 4.99 Å². The number of nitrogens with zero attached hydrogens (tertiary/aromatic N) is 1. The van der Waals surface area contributed by atoms with Crippen LogP contribution in [0.4, 0.5) is 0 Å². The molecule has 0 saturated heterocycles. The van der Waals surface area contributed by atoms with Gasteiger partial charge in [-0.05, 0) is 20.8 Å². The van der Waals surface area contributed by atoms with Crippen molar-refractivity contribution >= 4 is 5.84 Å². The summed E-state index contributed by atoms with van der Waals surface area (Å²) in [5, 5.41) is 8.94. The van der Waals surface area contributed by atoms with Crippen LogP contribution in [-0.4, -0.2) is 17.5 Å². The Morgan fingerprint density at radius 3 is 2.00 bits per heavy atom. The van der Waals surface area contributed by atoms with Gasteiger partial charge >= 0.3 is 0 Å². The van der Waals surface area contributed by atoms with Crippen molar-refractivity contribution < 1.29 is 5.11 Å². The average Bonchev–Trinajstić information content (AvgIpc) is 2.07. The molecule has 12 heavy (non-hydrogen) atoms. The van der Waals surface area contributed by atoms with E-state index in [1.54, 1.807) is 13.8 Å². The summed E-state index contributed by atoms with van der Waals surface area (Å²) >= 11 is 0. The molecule has 0 aliphatic carbocycles. The maximum atomic E-state index is 8.94. The van der Waals surface area contributed by atoms with Gasteiger partial charge in [0.1, 0.15) is 5.84 Å². The number of aliphatic imine (C=N–C) groups is 1. The van der Waals surface area contributed by atoms with Crippen LogP contribution in [0.25, 0.3) is 0 Å². The highest BCUT2D eigenvalue weighted by atomic mass is 16.3. The minimum atomic E-state index is 0.231. The largest absolute Gasteiger partial charge is 0.512 e. The predicted molar refractivity (Wildman–Crippen MR) is 54.5 cm³/mol. The van der Waals surface area contributed by atoms with Crippen molar-refractivity contribution in [1.29, 1.82) is 0 Å². The zero-order valence-electron chi connectivity index (χ0n) is 8.68. The summed E-state index contributed by atoms with van der Waals surface area (Å²) in [6, 6.07) is 0. The molecule has 0 aromatic carbocycles. The summed E-state index contributed by atoms with van der Waals surface area (Å²) in [7, 11) is 0. The van der Waals surface area contributed by atoms with Crippen molar-refractivity contribution in [2.45, 2.75) is 34.6 Å². The third kappa shape index (κ3) is 5.77. The Balaban J connectivity index is 0. The number of nitrogens with two attached hydrogens (primary N) is 1. The highest BCUT2D eigenvalue weighted by molar-refractivity contribution is 5.96. The van der Waals surface area contributed by atoms with E-state index in [-0.39, 0.29) is 5.76 Å². The first-order valence-electron chi connectivity index (χ1n) is 4.26. The second-order valence-electron chi connectivity index (χ2n) is 2.07. The molecule has 0 fully saturated rings. The fraction of sp³-hybridized carbons (Fsp3) is 0.667. The maximum absolute atomic E-state index is 8.94. The van der Waals surface area contributed by atoms with E-state index in [0.29, 0.717) is 18.0 Å². The van der Waals surface area contributed by atoms with Crippen LogP contribution in [-0.2, 0) is 0 Å². The van der Waals surface area contributed by atoms with Crippen molar-refractivity contribution in [2.75, 3.05) is 6.54 Å². The lowest BCUT2D eigenvalue weighted by Crippen LogP contribution is -2.14. The summed E-state index contributed by atoms with van der Waals surface area (Å²) in [6.07, 6.45) is 0. The third-order valence-electron chi connectivity index (χ3n) is 1.26. The molecule has 0 aromatic rings. The summed E-state index contributed by atoms with van der Waals surface area (Å²) in [5.74, 6) is 0.650. The minimum absolute atomic E-state index is 0.231. The molecule has 72 valence electrons. The van der Waals surface area contributed by atoms with Crippen molar-refractivity contribution in [3.63, 3.8) is 0 Å². The molecule has 3 heteroatoms. The van der Waals surface area contributed by atoms with Crippen LogP contribution >= 0.6 is 0 Å². The highest BCUT2D eigenvalue weighted by Crippen LogP contribution is 1.98. The molecule has 0 rings (SSSR count). The van der Waals surface area contributed by atoms with Crippen molar-refractivity contribution in [3.8, 4) is 0 Å². The lowest BCUT2D eigenvalue weighted by Gasteiger charge is -1.99. The standard InChI is InChI=1S/C7H14N2O.C2H6/c1-4-9-7(8)5(2)6(3)10;1-2/h10H,4H2,1-3H3,(H2,8,9);1-2H3/b6-5-;. The van der Waals surface area contributed by atoms with Crippen LogP contribution in [0.3, 0.4) is 0 Å². The van der Waals surface area contributed by atoms with Gasteiger partial charge in [-0.2, -0.15) is 0 Å².